The van der Waals surface area contributed by atoms with Crippen molar-refractivity contribution >= 4 is 11.6 Å². The second-order valence-corrected chi connectivity index (χ2v) is 3.86. The number of nitrogen functional groups attached to an aromatic ring is 1. The number of anilines is 1. The highest BCUT2D eigenvalue weighted by Crippen LogP contribution is 2.25. The average Bonchev–Trinajstić information content (AvgIpc) is 2.21. The van der Waals surface area contributed by atoms with Gasteiger partial charge in [0.1, 0.15) is 6.10 Å². The molecule has 6 N–H and O–H groups in total. The molecule has 0 heterocycles. The zero-order chi connectivity index (χ0) is 12.5. The van der Waals surface area contributed by atoms with Crippen LogP contribution < -0.4 is 11.5 Å². The van der Waals surface area contributed by atoms with E-state index in [1.807, 2.05) is 0 Å². The largest absolute Gasteiger partial charge is 0.399 e. The molecule has 0 bridgehead atoms. The number of carbonyl (C=O) groups excluding carboxylic acids is 1. The predicted molar refractivity (Wildman–Crippen MR) is 60.5 cm³/mol. The average molecular weight is 224 g/mol. The van der Waals surface area contributed by atoms with E-state index in [0.29, 0.717) is 16.8 Å². The van der Waals surface area contributed by atoms with Crippen LogP contribution >= 0.6 is 0 Å². The van der Waals surface area contributed by atoms with Crippen molar-refractivity contribution in [2.45, 2.75) is 26.1 Å². The van der Waals surface area contributed by atoms with Crippen molar-refractivity contribution < 1.29 is 15.0 Å². The van der Waals surface area contributed by atoms with Crippen molar-refractivity contribution in [2.75, 3.05) is 5.73 Å². The molecule has 0 spiro atoms. The van der Waals surface area contributed by atoms with Crippen LogP contribution in [0, 0.1) is 13.8 Å². The van der Waals surface area contributed by atoms with E-state index in [1.165, 1.54) is 0 Å². The van der Waals surface area contributed by atoms with Crippen LogP contribution in [-0.4, -0.2) is 22.2 Å². The molecule has 0 aliphatic heterocycles. The zero-order valence-corrected chi connectivity index (χ0v) is 9.27. The Balaban J connectivity index is 3.13. The Morgan fingerprint density at radius 1 is 1.25 bits per heavy atom. The summed E-state index contributed by atoms with van der Waals surface area (Å²) in [6.45, 7) is 3.52. The number of hydrogen-bond donors (Lipinski definition) is 4. The fourth-order valence-electron chi connectivity index (χ4n) is 1.51. The van der Waals surface area contributed by atoms with Gasteiger partial charge in [-0.15, -0.1) is 0 Å². The molecule has 1 aromatic carbocycles. The number of carbonyl (C=O) groups is 1. The highest BCUT2D eigenvalue weighted by Gasteiger charge is 2.25. The molecule has 16 heavy (non-hydrogen) atoms. The maximum absolute atomic E-state index is 10.8. The lowest BCUT2D eigenvalue weighted by molar-refractivity contribution is -0.132. The van der Waals surface area contributed by atoms with Crippen LogP contribution in [0.1, 0.15) is 22.8 Å². The normalized spacial score (nSPS) is 14.5. The molecule has 5 nitrogen and oxygen atoms in total. The van der Waals surface area contributed by atoms with Gasteiger partial charge in [-0.1, -0.05) is 6.07 Å². The fraction of sp³-hybridized carbons (Fsp3) is 0.364. The lowest BCUT2D eigenvalue weighted by Crippen LogP contribution is -2.34. The number of nitrogens with two attached hydrogens (primary N) is 2. The lowest BCUT2D eigenvalue weighted by Gasteiger charge is -2.18. The number of benzene rings is 1. The van der Waals surface area contributed by atoms with Crippen LogP contribution in [0.5, 0.6) is 0 Å². The Bertz CT molecular complexity index is 418. The molecule has 1 rings (SSSR count). The van der Waals surface area contributed by atoms with E-state index in [9.17, 15) is 15.0 Å². The molecule has 2 atom stereocenters. The summed E-state index contributed by atoms with van der Waals surface area (Å²) in [6, 6.07) is 3.32. The molecule has 0 fully saturated rings. The summed E-state index contributed by atoms with van der Waals surface area (Å²) in [5, 5.41) is 19.1. The molecule has 0 aromatic heterocycles. The molecule has 88 valence electrons. The van der Waals surface area contributed by atoms with Crippen molar-refractivity contribution in [3.05, 3.63) is 28.8 Å². The van der Waals surface area contributed by atoms with Crippen LogP contribution in [0.15, 0.2) is 12.1 Å². The van der Waals surface area contributed by atoms with Crippen molar-refractivity contribution in [1.82, 2.24) is 0 Å². The van der Waals surface area contributed by atoms with Crippen LogP contribution in [0.25, 0.3) is 0 Å². The Kier molecular flexibility index (Phi) is 3.51. The first-order chi connectivity index (χ1) is 7.34. The summed E-state index contributed by atoms with van der Waals surface area (Å²) in [5.74, 6) is -0.957. The standard InChI is InChI=1S/C11H16N2O3/c1-5-4-8(12)6(2)3-7(5)9(14)10(15)11(13)16/h3-4,9-10,14-15H,12H2,1-2H3,(H2,13,16). The quantitative estimate of drug-likeness (QED) is 0.531. The van der Waals surface area contributed by atoms with Crippen molar-refractivity contribution in [1.29, 1.82) is 0 Å². The van der Waals surface area contributed by atoms with Crippen molar-refractivity contribution in [3.63, 3.8) is 0 Å². The van der Waals surface area contributed by atoms with Gasteiger partial charge in [0.2, 0.25) is 5.91 Å². The summed E-state index contributed by atoms with van der Waals surface area (Å²) >= 11 is 0. The van der Waals surface area contributed by atoms with Gasteiger partial charge in [0, 0.05) is 5.69 Å². The minimum atomic E-state index is -1.61. The van der Waals surface area contributed by atoms with E-state index in [2.05, 4.69) is 0 Å². The monoisotopic (exact) mass is 224 g/mol. The van der Waals surface area contributed by atoms with E-state index in [0.717, 1.165) is 5.56 Å². The van der Waals surface area contributed by atoms with Crippen LogP contribution in [0.2, 0.25) is 0 Å². The van der Waals surface area contributed by atoms with Gasteiger partial charge in [-0.05, 0) is 36.6 Å². The van der Waals surface area contributed by atoms with Gasteiger partial charge < -0.3 is 21.7 Å². The molecule has 0 radical (unpaired) electrons. The predicted octanol–water partition coefficient (Wildman–Crippen LogP) is -0.235. The molecule has 5 heteroatoms. The highest BCUT2D eigenvalue weighted by molar-refractivity contribution is 5.79. The molecule has 0 aliphatic rings. The van der Waals surface area contributed by atoms with E-state index in [-0.39, 0.29) is 0 Å². The van der Waals surface area contributed by atoms with Crippen molar-refractivity contribution in [2.24, 2.45) is 5.73 Å². The van der Waals surface area contributed by atoms with Crippen molar-refractivity contribution in [3.8, 4) is 0 Å². The molecular formula is C11H16N2O3. The maximum Gasteiger partial charge on any atom is 0.249 e. The van der Waals surface area contributed by atoms with E-state index >= 15 is 0 Å². The third-order valence-corrected chi connectivity index (χ3v) is 2.56. The molecule has 2 unspecified atom stereocenters. The lowest BCUT2D eigenvalue weighted by atomic mass is 9.96. The molecule has 0 saturated heterocycles. The second kappa shape index (κ2) is 4.51. The first-order valence-corrected chi connectivity index (χ1v) is 4.86. The van der Waals surface area contributed by atoms with E-state index < -0.39 is 18.1 Å². The highest BCUT2D eigenvalue weighted by atomic mass is 16.3. The fourth-order valence-corrected chi connectivity index (χ4v) is 1.51. The van der Waals surface area contributed by atoms with Gasteiger partial charge in [-0.25, -0.2) is 0 Å². The number of amides is 1. The molecule has 1 aromatic rings. The maximum atomic E-state index is 10.8. The first kappa shape index (κ1) is 12.5. The molecule has 0 aliphatic carbocycles. The van der Waals surface area contributed by atoms with E-state index in [4.69, 9.17) is 11.5 Å². The van der Waals surface area contributed by atoms with E-state index in [1.54, 1.807) is 26.0 Å². The smallest absolute Gasteiger partial charge is 0.249 e. The number of aliphatic hydroxyl groups excluding tert-OH is 2. The second-order valence-electron chi connectivity index (χ2n) is 3.86. The Hall–Kier alpha value is -1.59. The topological polar surface area (TPSA) is 110 Å². The molecule has 1 amide bonds. The van der Waals surface area contributed by atoms with Gasteiger partial charge in [0.05, 0.1) is 0 Å². The number of primary amides is 1. The van der Waals surface area contributed by atoms with Gasteiger partial charge in [0.25, 0.3) is 0 Å². The number of rotatable bonds is 3. The zero-order valence-electron chi connectivity index (χ0n) is 9.27. The SMILES string of the molecule is Cc1cc(C(O)C(O)C(N)=O)c(C)cc1N. The van der Waals surface area contributed by atoms with Crippen LogP contribution in [0.4, 0.5) is 5.69 Å². The third kappa shape index (κ3) is 2.32. The number of aliphatic hydroxyl groups is 2. The molecular weight excluding hydrogens is 208 g/mol. The van der Waals surface area contributed by atoms with Gasteiger partial charge in [-0.3, -0.25) is 4.79 Å². The Morgan fingerprint density at radius 3 is 2.31 bits per heavy atom. The summed E-state index contributed by atoms with van der Waals surface area (Å²) < 4.78 is 0. The van der Waals surface area contributed by atoms with Gasteiger partial charge in [0.15, 0.2) is 6.10 Å². The van der Waals surface area contributed by atoms with Crippen LogP contribution in [-0.2, 0) is 4.79 Å². The summed E-state index contributed by atoms with van der Waals surface area (Å²) in [4.78, 5) is 10.8. The number of hydrogen-bond acceptors (Lipinski definition) is 4. The van der Waals surface area contributed by atoms with Gasteiger partial charge >= 0.3 is 0 Å². The first-order valence-electron chi connectivity index (χ1n) is 4.86. The summed E-state index contributed by atoms with van der Waals surface area (Å²) in [6.07, 6.45) is -2.93. The minimum Gasteiger partial charge on any atom is -0.399 e. The molecule has 0 saturated carbocycles. The summed E-state index contributed by atoms with van der Waals surface area (Å²) in [5.41, 5.74) is 13.1. The van der Waals surface area contributed by atoms with Gasteiger partial charge in [-0.2, -0.15) is 0 Å². The summed E-state index contributed by atoms with van der Waals surface area (Å²) in [7, 11) is 0. The number of aryl methyl sites for hydroxylation is 2. The van der Waals surface area contributed by atoms with Crippen LogP contribution in [0.3, 0.4) is 0 Å². The third-order valence-electron chi connectivity index (χ3n) is 2.56. The minimum absolute atomic E-state index is 0.456. The Labute approximate surface area is 93.7 Å². The Morgan fingerprint density at radius 2 is 1.81 bits per heavy atom.